The fourth-order valence-corrected chi connectivity index (χ4v) is 1.57. The van der Waals surface area contributed by atoms with Gasteiger partial charge in [-0.3, -0.25) is 4.79 Å². The van der Waals surface area contributed by atoms with E-state index in [-0.39, 0.29) is 12.4 Å². The van der Waals surface area contributed by atoms with E-state index in [2.05, 4.69) is 15.9 Å². The van der Waals surface area contributed by atoms with Gasteiger partial charge < -0.3 is 9.84 Å². The summed E-state index contributed by atoms with van der Waals surface area (Å²) in [5.41, 5.74) is 0.526. The average molecular weight is 287 g/mol. The van der Waals surface area contributed by atoms with Gasteiger partial charge in [-0.15, -0.1) is 0 Å². The van der Waals surface area contributed by atoms with Crippen molar-refractivity contribution in [2.75, 3.05) is 6.61 Å². The minimum atomic E-state index is -0.497. The van der Waals surface area contributed by atoms with Gasteiger partial charge in [-0.1, -0.05) is 22.9 Å². The van der Waals surface area contributed by atoms with Crippen molar-refractivity contribution in [3.05, 3.63) is 28.2 Å². The van der Waals surface area contributed by atoms with E-state index in [9.17, 15) is 9.90 Å². The third kappa shape index (κ3) is 3.61. The molecule has 1 atom stereocenters. The first-order valence-corrected chi connectivity index (χ1v) is 5.95. The van der Waals surface area contributed by atoms with E-state index in [0.29, 0.717) is 17.7 Å². The molecule has 1 unspecified atom stereocenters. The molecule has 0 spiro atoms. The lowest BCUT2D eigenvalue weighted by Crippen LogP contribution is -2.17. The van der Waals surface area contributed by atoms with Crippen molar-refractivity contribution in [1.82, 2.24) is 0 Å². The Bertz CT molecular complexity index is 377. The van der Waals surface area contributed by atoms with Crippen molar-refractivity contribution in [3.8, 4) is 5.75 Å². The summed E-state index contributed by atoms with van der Waals surface area (Å²) in [4.78, 5) is 11.4. The van der Waals surface area contributed by atoms with Crippen LogP contribution in [0.25, 0.3) is 0 Å². The monoisotopic (exact) mass is 286 g/mol. The highest BCUT2D eigenvalue weighted by molar-refractivity contribution is 9.10. The van der Waals surface area contributed by atoms with Crippen LogP contribution in [-0.2, 0) is 0 Å². The van der Waals surface area contributed by atoms with Crippen LogP contribution >= 0.6 is 15.9 Å². The zero-order valence-electron chi connectivity index (χ0n) is 9.37. The summed E-state index contributed by atoms with van der Waals surface area (Å²) in [5.74, 6) is 0.463. The van der Waals surface area contributed by atoms with Gasteiger partial charge in [-0.2, -0.15) is 0 Å². The van der Waals surface area contributed by atoms with Crippen LogP contribution in [0.2, 0.25) is 0 Å². The van der Waals surface area contributed by atoms with Gasteiger partial charge in [0.2, 0.25) is 0 Å². The highest BCUT2D eigenvalue weighted by atomic mass is 79.9. The molecule has 0 amide bonds. The summed E-state index contributed by atoms with van der Waals surface area (Å²) in [6, 6.07) is 5.25. The summed E-state index contributed by atoms with van der Waals surface area (Å²) in [6.07, 6.45) is 0.134. The molecule has 0 radical (unpaired) electrons. The molecule has 0 aliphatic carbocycles. The molecule has 1 aromatic rings. The molecule has 0 saturated heterocycles. The Kier molecular flexibility index (Phi) is 4.96. The molecule has 0 aliphatic rings. The summed E-state index contributed by atoms with van der Waals surface area (Å²) < 4.78 is 6.25. The van der Waals surface area contributed by atoms with E-state index in [1.54, 1.807) is 18.2 Å². The number of aliphatic hydroxyl groups is 1. The minimum absolute atomic E-state index is 0.0534. The fourth-order valence-electron chi connectivity index (χ4n) is 1.21. The van der Waals surface area contributed by atoms with E-state index in [1.807, 2.05) is 6.92 Å². The Morgan fingerprint density at radius 3 is 2.81 bits per heavy atom. The molecule has 3 nitrogen and oxygen atoms in total. The highest BCUT2D eigenvalue weighted by Crippen LogP contribution is 2.23. The molecule has 0 aromatic heterocycles. The van der Waals surface area contributed by atoms with Crippen molar-refractivity contribution < 1.29 is 14.6 Å². The number of carbonyl (C=O) groups is 1. The lowest BCUT2D eigenvalue weighted by atomic mass is 10.1. The molecule has 0 saturated carbocycles. The van der Waals surface area contributed by atoms with Gasteiger partial charge in [-0.05, 0) is 31.5 Å². The van der Waals surface area contributed by atoms with E-state index < -0.39 is 6.10 Å². The molecule has 1 aromatic carbocycles. The SMILES string of the molecule is CCC(O)COc1ccc(Br)cc1C(C)=O. The number of hydrogen-bond donors (Lipinski definition) is 1. The maximum Gasteiger partial charge on any atom is 0.163 e. The maximum absolute atomic E-state index is 11.4. The second kappa shape index (κ2) is 6.01. The quantitative estimate of drug-likeness (QED) is 0.847. The number of Topliss-reactive ketones (excluding diaryl/α,β-unsaturated/α-hetero) is 1. The fraction of sp³-hybridized carbons (Fsp3) is 0.417. The summed E-state index contributed by atoms with van der Waals surface area (Å²) in [5, 5.41) is 9.38. The molecule has 4 heteroatoms. The predicted molar refractivity (Wildman–Crippen MR) is 65.9 cm³/mol. The van der Waals surface area contributed by atoms with Crippen LogP contribution in [0.15, 0.2) is 22.7 Å². The molecular weight excluding hydrogens is 272 g/mol. The Morgan fingerprint density at radius 2 is 2.25 bits per heavy atom. The van der Waals surface area contributed by atoms with Crippen molar-refractivity contribution in [3.63, 3.8) is 0 Å². The molecule has 0 heterocycles. The second-order valence-electron chi connectivity index (χ2n) is 3.57. The molecule has 1 rings (SSSR count). The van der Waals surface area contributed by atoms with Crippen molar-refractivity contribution >= 4 is 21.7 Å². The average Bonchev–Trinajstić information content (AvgIpc) is 2.26. The molecular formula is C12H15BrO3. The van der Waals surface area contributed by atoms with Crippen molar-refractivity contribution in [2.24, 2.45) is 0 Å². The number of ketones is 1. The smallest absolute Gasteiger partial charge is 0.163 e. The summed E-state index contributed by atoms with van der Waals surface area (Å²) >= 11 is 3.30. The zero-order valence-corrected chi connectivity index (χ0v) is 11.0. The number of benzene rings is 1. The summed E-state index contributed by atoms with van der Waals surface area (Å²) in [6.45, 7) is 3.57. The number of halogens is 1. The first-order valence-electron chi connectivity index (χ1n) is 5.16. The number of carbonyl (C=O) groups excluding carboxylic acids is 1. The number of ether oxygens (including phenoxy) is 1. The predicted octanol–water partition coefficient (Wildman–Crippen LogP) is 2.80. The largest absolute Gasteiger partial charge is 0.490 e. The molecule has 0 fully saturated rings. The van der Waals surface area contributed by atoms with Crippen LogP contribution < -0.4 is 4.74 Å². The Labute approximate surface area is 104 Å². The van der Waals surface area contributed by atoms with Crippen LogP contribution in [0, 0.1) is 0 Å². The lowest BCUT2D eigenvalue weighted by molar-refractivity contribution is 0.0966. The molecule has 1 N–H and O–H groups in total. The number of rotatable bonds is 5. The van der Waals surface area contributed by atoms with Crippen LogP contribution in [0.4, 0.5) is 0 Å². The van der Waals surface area contributed by atoms with Gasteiger partial charge in [0.25, 0.3) is 0 Å². The van der Waals surface area contributed by atoms with Gasteiger partial charge in [0, 0.05) is 4.47 Å². The topological polar surface area (TPSA) is 46.5 Å². The maximum atomic E-state index is 11.4. The first kappa shape index (κ1) is 13.2. The van der Waals surface area contributed by atoms with Gasteiger partial charge in [-0.25, -0.2) is 0 Å². The van der Waals surface area contributed by atoms with Crippen molar-refractivity contribution in [1.29, 1.82) is 0 Å². The Morgan fingerprint density at radius 1 is 1.56 bits per heavy atom. The highest BCUT2D eigenvalue weighted by Gasteiger charge is 2.10. The second-order valence-corrected chi connectivity index (χ2v) is 4.49. The first-order chi connectivity index (χ1) is 7.54. The van der Waals surface area contributed by atoms with Crippen LogP contribution in [-0.4, -0.2) is 23.6 Å². The number of hydrogen-bond acceptors (Lipinski definition) is 3. The minimum Gasteiger partial charge on any atom is -0.490 e. The third-order valence-corrected chi connectivity index (χ3v) is 2.72. The third-order valence-electron chi connectivity index (χ3n) is 2.22. The van der Waals surface area contributed by atoms with Gasteiger partial charge in [0.1, 0.15) is 12.4 Å². The zero-order chi connectivity index (χ0) is 12.1. The van der Waals surface area contributed by atoms with E-state index in [1.165, 1.54) is 6.92 Å². The molecule has 0 aliphatic heterocycles. The standard InChI is InChI=1S/C12H15BrO3/c1-3-10(15)7-16-12-5-4-9(13)6-11(12)8(2)14/h4-6,10,15H,3,7H2,1-2H3. The van der Waals surface area contributed by atoms with E-state index in [4.69, 9.17) is 4.74 Å². The van der Waals surface area contributed by atoms with Crippen LogP contribution in [0.5, 0.6) is 5.75 Å². The number of aliphatic hydroxyl groups excluding tert-OH is 1. The van der Waals surface area contributed by atoms with Gasteiger partial charge in [0.05, 0.1) is 11.7 Å². The summed E-state index contributed by atoms with van der Waals surface area (Å²) in [7, 11) is 0. The Hall–Kier alpha value is -0.870. The Balaban J connectivity index is 2.82. The van der Waals surface area contributed by atoms with E-state index in [0.717, 1.165) is 4.47 Å². The van der Waals surface area contributed by atoms with Gasteiger partial charge >= 0.3 is 0 Å². The lowest BCUT2D eigenvalue weighted by Gasteiger charge is -2.12. The molecule has 0 bridgehead atoms. The molecule has 16 heavy (non-hydrogen) atoms. The van der Waals surface area contributed by atoms with Gasteiger partial charge in [0.15, 0.2) is 5.78 Å². The molecule has 88 valence electrons. The van der Waals surface area contributed by atoms with Crippen LogP contribution in [0.1, 0.15) is 30.6 Å². The normalized spacial score (nSPS) is 12.2. The van der Waals surface area contributed by atoms with Crippen molar-refractivity contribution in [2.45, 2.75) is 26.4 Å². The van der Waals surface area contributed by atoms with E-state index >= 15 is 0 Å². The van der Waals surface area contributed by atoms with Crippen LogP contribution in [0.3, 0.4) is 0 Å².